The van der Waals surface area contributed by atoms with Gasteiger partial charge in [-0.05, 0) is 47.5 Å². The van der Waals surface area contributed by atoms with Crippen molar-refractivity contribution >= 4 is 6.09 Å². The molecule has 3 heterocycles. The number of pyridine rings is 2. The van der Waals surface area contributed by atoms with Crippen LogP contribution in [0.3, 0.4) is 0 Å². The van der Waals surface area contributed by atoms with Gasteiger partial charge in [0.15, 0.2) is 6.10 Å². The molecule has 0 bridgehead atoms. The van der Waals surface area contributed by atoms with Crippen molar-refractivity contribution in [1.29, 1.82) is 0 Å². The lowest BCUT2D eigenvalue weighted by Gasteiger charge is -2.17. The number of hydrogen-bond donors (Lipinski definition) is 1. The Kier molecular flexibility index (Phi) is 4.31. The molecular formula is C21H15N3O2. The molecule has 26 heavy (non-hydrogen) atoms. The van der Waals surface area contributed by atoms with E-state index in [-0.39, 0.29) is 6.04 Å². The number of cyclic esters (lactones) is 1. The van der Waals surface area contributed by atoms with E-state index in [0.717, 1.165) is 22.3 Å². The van der Waals surface area contributed by atoms with Gasteiger partial charge in [-0.3, -0.25) is 9.97 Å². The zero-order valence-electron chi connectivity index (χ0n) is 13.8. The van der Waals surface area contributed by atoms with Crippen molar-refractivity contribution in [3.05, 3.63) is 95.6 Å². The fourth-order valence-electron chi connectivity index (χ4n) is 2.88. The van der Waals surface area contributed by atoms with Crippen LogP contribution < -0.4 is 5.32 Å². The molecular weight excluding hydrogens is 326 g/mol. The lowest BCUT2D eigenvalue weighted by molar-refractivity contribution is 0.132. The number of rotatable bonds is 2. The minimum Gasteiger partial charge on any atom is -0.439 e. The molecule has 5 heteroatoms. The standard InChI is InChI=1S/C21H15N3O2/c25-21-24-19(20(26-21)17-8-11-22-12-9-17)18-5-1-3-15(13-18)6-7-16-4-2-10-23-14-16/h1-5,8-14,19-20H,(H,24,25)/t19-,20-/m1/s1. The Morgan fingerprint density at radius 2 is 1.69 bits per heavy atom. The third-order valence-electron chi connectivity index (χ3n) is 4.10. The van der Waals surface area contributed by atoms with Gasteiger partial charge in [-0.2, -0.15) is 0 Å². The van der Waals surface area contributed by atoms with Gasteiger partial charge in [0, 0.05) is 35.9 Å². The number of carbonyl (C=O) groups is 1. The number of aromatic nitrogens is 2. The van der Waals surface area contributed by atoms with E-state index in [9.17, 15) is 4.79 Å². The van der Waals surface area contributed by atoms with Crippen molar-refractivity contribution in [2.75, 3.05) is 0 Å². The van der Waals surface area contributed by atoms with Gasteiger partial charge >= 0.3 is 6.09 Å². The van der Waals surface area contributed by atoms with Gasteiger partial charge < -0.3 is 10.1 Å². The maximum absolute atomic E-state index is 11.8. The van der Waals surface area contributed by atoms with Gasteiger partial charge in [0.25, 0.3) is 0 Å². The van der Waals surface area contributed by atoms with Gasteiger partial charge in [0.2, 0.25) is 0 Å². The average Bonchev–Trinajstić information content (AvgIpc) is 3.10. The normalized spacial score (nSPS) is 18.4. The molecule has 2 aromatic heterocycles. The highest BCUT2D eigenvalue weighted by atomic mass is 16.6. The molecule has 0 aliphatic carbocycles. The summed E-state index contributed by atoms with van der Waals surface area (Å²) in [6.45, 7) is 0. The molecule has 1 amide bonds. The van der Waals surface area contributed by atoms with Crippen LogP contribution in [0.15, 0.2) is 73.3 Å². The van der Waals surface area contributed by atoms with Crippen molar-refractivity contribution in [1.82, 2.24) is 15.3 Å². The largest absolute Gasteiger partial charge is 0.439 e. The van der Waals surface area contributed by atoms with E-state index in [0.29, 0.717) is 0 Å². The van der Waals surface area contributed by atoms with Crippen LogP contribution in [0, 0.1) is 11.8 Å². The zero-order chi connectivity index (χ0) is 17.8. The topological polar surface area (TPSA) is 64.1 Å². The maximum atomic E-state index is 11.8. The molecule has 1 aromatic carbocycles. The Labute approximate surface area is 151 Å². The molecule has 3 aromatic rings. The summed E-state index contributed by atoms with van der Waals surface area (Å²) >= 11 is 0. The summed E-state index contributed by atoms with van der Waals surface area (Å²) in [7, 11) is 0. The van der Waals surface area contributed by atoms with E-state index < -0.39 is 12.2 Å². The molecule has 0 radical (unpaired) electrons. The number of nitrogens with zero attached hydrogens (tertiary/aromatic N) is 2. The van der Waals surface area contributed by atoms with Crippen LogP contribution in [-0.4, -0.2) is 16.1 Å². The zero-order valence-corrected chi connectivity index (χ0v) is 13.8. The SMILES string of the molecule is O=C1N[C@H](c2cccc(C#Cc3cccnc3)c2)[C@@H](c2ccncc2)O1. The second-order valence-corrected chi connectivity index (χ2v) is 5.85. The molecule has 0 unspecified atom stereocenters. The van der Waals surface area contributed by atoms with Crippen molar-refractivity contribution in [2.24, 2.45) is 0 Å². The fraction of sp³-hybridized carbons (Fsp3) is 0.0952. The number of amides is 1. The van der Waals surface area contributed by atoms with Crippen LogP contribution in [0.5, 0.6) is 0 Å². The third-order valence-corrected chi connectivity index (χ3v) is 4.10. The maximum Gasteiger partial charge on any atom is 0.408 e. The number of benzene rings is 1. The van der Waals surface area contributed by atoms with Crippen molar-refractivity contribution < 1.29 is 9.53 Å². The van der Waals surface area contributed by atoms with Crippen LogP contribution in [0.4, 0.5) is 4.79 Å². The molecule has 5 nitrogen and oxygen atoms in total. The average molecular weight is 341 g/mol. The highest BCUT2D eigenvalue weighted by molar-refractivity contribution is 5.71. The first kappa shape index (κ1) is 15.9. The summed E-state index contributed by atoms with van der Waals surface area (Å²) in [5.41, 5.74) is 3.55. The Morgan fingerprint density at radius 3 is 2.50 bits per heavy atom. The lowest BCUT2D eigenvalue weighted by atomic mass is 9.96. The molecule has 1 N–H and O–H groups in total. The number of nitrogens with one attached hydrogen (secondary N) is 1. The van der Waals surface area contributed by atoms with Crippen molar-refractivity contribution in [3.63, 3.8) is 0 Å². The number of carbonyl (C=O) groups excluding carboxylic acids is 1. The molecule has 1 aliphatic rings. The van der Waals surface area contributed by atoms with E-state index in [4.69, 9.17) is 4.74 Å². The van der Waals surface area contributed by atoms with E-state index in [2.05, 4.69) is 27.1 Å². The number of ether oxygens (including phenoxy) is 1. The van der Waals surface area contributed by atoms with Gasteiger partial charge in [-0.25, -0.2) is 4.79 Å². The predicted molar refractivity (Wildman–Crippen MR) is 96.0 cm³/mol. The minimum absolute atomic E-state index is 0.273. The highest BCUT2D eigenvalue weighted by Gasteiger charge is 2.36. The second kappa shape index (κ2) is 7.08. The minimum atomic E-state index is -0.427. The highest BCUT2D eigenvalue weighted by Crippen LogP contribution is 2.36. The van der Waals surface area contributed by atoms with Crippen molar-refractivity contribution in [3.8, 4) is 11.8 Å². The Morgan fingerprint density at radius 1 is 0.885 bits per heavy atom. The fourth-order valence-corrected chi connectivity index (χ4v) is 2.88. The summed E-state index contributed by atoms with van der Waals surface area (Å²) in [6, 6.07) is 15.0. The Hall–Kier alpha value is -3.65. The molecule has 126 valence electrons. The van der Waals surface area contributed by atoms with Crippen LogP contribution in [0.25, 0.3) is 0 Å². The van der Waals surface area contributed by atoms with Crippen LogP contribution in [0.2, 0.25) is 0 Å². The Bertz CT molecular complexity index is 978. The Balaban J connectivity index is 1.63. The lowest BCUT2D eigenvalue weighted by Crippen LogP contribution is -2.19. The molecule has 0 saturated carbocycles. The van der Waals surface area contributed by atoms with Crippen LogP contribution in [-0.2, 0) is 4.74 Å². The van der Waals surface area contributed by atoms with Gasteiger partial charge in [0.05, 0.1) is 6.04 Å². The van der Waals surface area contributed by atoms with E-state index >= 15 is 0 Å². The summed E-state index contributed by atoms with van der Waals surface area (Å²) in [5, 5.41) is 2.88. The molecule has 2 atom stereocenters. The van der Waals surface area contributed by atoms with Crippen LogP contribution in [0.1, 0.15) is 34.4 Å². The third kappa shape index (κ3) is 3.40. The summed E-state index contributed by atoms with van der Waals surface area (Å²) in [4.78, 5) is 19.9. The van der Waals surface area contributed by atoms with Crippen molar-refractivity contribution in [2.45, 2.75) is 12.1 Å². The number of alkyl carbamates (subject to hydrolysis) is 1. The molecule has 4 rings (SSSR count). The molecule has 0 spiro atoms. The summed E-state index contributed by atoms with van der Waals surface area (Å²) in [5.74, 6) is 6.23. The second-order valence-electron chi connectivity index (χ2n) is 5.85. The first-order chi connectivity index (χ1) is 12.8. The molecule has 1 saturated heterocycles. The van der Waals surface area contributed by atoms with E-state index in [1.165, 1.54) is 0 Å². The quantitative estimate of drug-likeness (QED) is 0.726. The predicted octanol–water partition coefficient (Wildman–Crippen LogP) is 3.40. The van der Waals surface area contributed by atoms with Crippen LogP contribution >= 0.6 is 0 Å². The van der Waals surface area contributed by atoms with E-state index in [1.54, 1.807) is 24.8 Å². The molecule has 1 aliphatic heterocycles. The van der Waals surface area contributed by atoms with E-state index in [1.807, 2.05) is 48.5 Å². The monoisotopic (exact) mass is 341 g/mol. The molecule has 1 fully saturated rings. The summed E-state index contributed by atoms with van der Waals surface area (Å²) < 4.78 is 5.46. The number of hydrogen-bond acceptors (Lipinski definition) is 4. The summed E-state index contributed by atoms with van der Waals surface area (Å²) in [6.07, 6.45) is 5.99. The van der Waals surface area contributed by atoms with Gasteiger partial charge in [-0.1, -0.05) is 24.0 Å². The van der Waals surface area contributed by atoms with Gasteiger partial charge in [0.1, 0.15) is 0 Å². The first-order valence-corrected chi connectivity index (χ1v) is 8.19. The first-order valence-electron chi connectivity index (χ1n) is 8.19. The smallest absolute Gasteiger partial charge is 0.408 e. The van der Waals surface area contributed by atoms with Gasteiger partial charge in [-0.15, -0.1) is 0 Å².